The molecule has 1 aromatic rings. The zero-order chi connectivity index (χ0) is 9.26. The first-order valence-corrected chi connectivity index (χ1v) is 4.54. The summed E-state index contributed by atoms with van der Waals surface area (Å²) in [6.07, 6.45) is 3.54. The van der Waals surface area contributed by atoms with Crippen molar-refractivity contribution >= 4 is 0 Å². The lowest BCUT2D eigenvalue weighted by Crippen LogP contribution is -2.34. The molecule has 0 saturated heterocycles. The van der Waals surface area contributed by atoms with E-state index in [4.69, 9.17) is 0 Å². The standard InChI is InChI=1S/C8H14N4O/c1-9-4-6-5-12(11-10-6)7-2-3-8(7)13/h5,7-9,13H,2-4H2,1H3. The molecule has 0 aliphatic heterocycles. The van der Waals surface area contributed by atoms with E-state index in [2.05, 4.69) is 15.6 Å². The van der Waals surface area contributed by atoms with Crippen LogP contribution in [0.1, 0.15) is 24.6 Å². The third kappa shape index (κ3) is 1.57. The third-order valence-electron chi connectivity index (χ3n) is 2.46. The zero-order valence-electron chi connectivity index (χ0n) is 7.64. The van der Waals surface area contributed by atoms with E-state index in [1.807, 2.05) is 13.2 Å². The van der Waals surface area contributed by atoms with E-state index in [-0.39, 0.29) is 12.1 Å². The summed E-state index contributed by atoms with van der Waals surface area (Å²) < 4.78 is 1.76. The van der Waals surface area contributed by atoms with E-state index >= 15 is 0 Å². The van der Waals surface area contributed by atoms with Gasteiger partial charge in [0.25, 0.3) is 0 Å². The van der Waals surface area contributed by atoms with Crippen molar-refractivity contribution in [1.82, 2.24) is 20.3 Å². The van der Waals surface area contributed by atoms with Crippen molar-refractivity contribution in [2.24, 2.45) is 0 Å². The van der Waals surface area contributed by atoms with E-state index in [9.17, 15) is 5.11 Å². The minimum absolute atomic E-state index is 0.151. The van der Waals surface area contributed by atoms with Crippen molar-refractivity contribution in [2.45, 2.75) is 31.5 Å². The summed E-state index contributed by atoms with van der Waals surface area (Å²) in [7, 11) is 1.87. The van der Waals surface area contributed by atoms with Gasteiger partial charge in [0.05, 0.1) is 24.0 Å². The molecule has 0 bridgehead atoms. The molecule has 1 saturated carbocycles. The van der Waals surface area contributed by atoms with Crippen molar-refractivity contribution in [3.63, 3.8) is 0 Å². The van der Waals surface area contributed by atoms with Crippen LogP contribution in [0.2, 0.25) is 0 Å². The molecule has 2 atom stereocenters. The van der Waals surface area contributed by atoms with Gasteiger partial charge in [0.2, 0.25) is 0 Å². The first kappa shape index (κ1) is 8.65. The van der Waals surface area contributed by atoms with Crippen molar-refractivity contribution < 1.29 is 5.11 Å². The molecule has 1 aliphatic carbocycles. The molecule has 0 aromatic carbocycles. The van der Waals surface area contributed by atoms with Gasteiger partial charge in [0.1, 0.15) is 0 Å². The van der Waals surface area contributed by atoms with E-state index in [0.717, 1.165) is 25.1 Å². The molecule has 1 heterocycles. The van der Waals surface area contributed by atoms with Gasteiger partial charge in [-0.05, 0) is 19.9 Å². The zero-order valence-corrected chi connectivity index (χ0v) is 7.64. The molecule has 13 heavy (non-hydrogen) atoms. The van der Waals surface area contributed by atoms with E-state index in [1.165, 1.54) is 0 Å². The second-order valence-corrected chi connectivity index (χ2v) is 3.43. The van der Waals surface area contributed by atoms with Crippen LogP contribution in [-0.2, 0) is 6.54 Å². The molecule has 2 unspecified atom stereocenters. The Kier molecular flexibility index (Phi) is 2.28. The predicted molar refractivity (Wildman–Crippen MR) is 47.1 cm³/mol. The lowest BCUT2D eigenvalue weighted by molar-refractivity contribution is 0.0244. The van der Waals surface area contributed by atoms with Gasteiger partial charge >= 0.3 is 0 Å². The number of hydrogen-bond acceptors (Lipinski definition) is 4. The maximum absolute atomic E-state index is 9.40. The highest BCUT2D eigenvalue weighted by Crippen LogP contribution is 2.31. The van der Waals surface area contributed by atoms with Gasteiger partial charge in [0, 0.05) is 6.54 Å². The minimum Gasteiger partial charge on any atom is -0.391 e. The number of nitrogens with one attached hydrogen (secondary N) is 1. The lowest BCUT2D eigenvalue weighted by Gasteiger charge is -2.31. The molecule has 5 nitrogen and oxygen atoms in total. The smallest absolute Gasteiger partial charge is 0.0964 e. The molecule has 1 aromatic heterocycles. The van der Waals surface area contributed by atoms with Crippen LogP contribution in [0, 0.1) is 0 Å². The highest BCUT2D eigenvalue weighted by atomic mass is 16.3. The van der Waals surface area contributed by atoms with Crippen molar-refractivity contribution in [3.8, 4) is 0 Å². The maximum Gasteiger partial charge on any atom is 0.0964 e. The SMILES string of the molecule is CNCc1cn(C2CCC2O)nn1. The van der Waals surface area contributed by atoms with Crippen LogP contribution in [0.4, 0.5) is 0 Å². The first-order valence-electron chi connectivity index (χ1n) is 4.54. The summed E-state index contributed by atoms with van der Waals surface area (Å²) in [5.41, 5.74) is 0.918. The minimum atomic E-state index is -0.232. The fraction of sp³-hybridized carbons (Fsp3) is 0.750. The summed E-state index contributed by atoms with van der Waals surface area (Å²) >= 11 is 0. The van der Waals surface area contributed by atoms with Gasteiger partial charge in [-0.15, -0.1) is 5.10 Å². The summed E-state index contributed by atoms with van der Waals surface area (Å²) in [5.74, 6) is 0. The number of rotatable bonds is 3. The van der Waals surface area contributed by atoms with E-state index in [0.29, 0.717) is 0 Å². The molecule has 0 radical (unpaired) electrons. The third-order valence-corrected chi connectivity index (χ3v) is 2.46. The number of aromatic nitrogens is 3. The van der Waals surface area contributed by atoms with Crippen LogP contribution >= 0.6 is 0 Å². The average Bonchev–Trinajstić information content (AvgIpc) is 2.51. The average molecular weight is 182 g/mol. The van der Waals surface area contributed by atoms with Gasteiger partial charge in [-0.1, -0.05) is 5.21 Å². The number of aliphatic hydroxyl groups is 1. The summed E-state index contributed by atoms with van der Waals surface area (Å²) in [4.78, 5) is 0. The number of nitrogens with zero attached hydrogens (tertiary/aromatic N) is 3. The fourth-order valence-electron chi connectivity index (χ4n) is 1.51. The Morgan fingerprint density at radius 1 is 1.69 bits per heavy atom. The number of aliphatic hydroxyl groups excluding tert-OH is 1. The topological polar surface area (TPSA) is 63.0 Å². The summed E-state index contributed by atoms with van der Waals surface area (Å²) in [5, 5.41) is 20.4. The molecule has 1 aliphatic rings. The van der Waals surface area contributed by atoms with Gasteiger partial charge in [-0.3, -0.25) is 0 Å². The van der Waals surface area contributed by atoms with Gasteiger partial charge in [-0.2, -0.15) is 0 Å². The largest absolute Gasteiger partial charge is 0.391 e. The van der Waals surface area contributed by atoms with Gasteiger partial charge in [-0.25, -0.2) is 4.68 Å². The Morgan fingerprint density at radius 3 is 3.08 bits per heavy atom. The van der Waals surface area contributed by atoms with Gasteiger partial charge in [0.15, 0.2) is 0 Å². The highest BCUT2D eigenvalue weighted by molar-refractivity contribution is 4.95. The van der Waals surface area contributed by atoms with Crippen molar-refractivity contribution in [3.05, 3.63) is 11.9 Å². The molecule has 2 rings (SSSR count). The molecule has 72 valence electrons. The number of hydrogen-bond donors (Lipinski definition) is 2. The Hall–Kier alpha value is -0.940. The second-order valence-electron chi connectivity index (χ2n) is 3.43. The molecule has 0 amide bonds. The van der Waals surface area contributed by atoms with Crippen LogP contribution in [-0.4, -0.2) is 33.3 Å². The Balaban J connectivity index is 2.04. The first-order chi connectivity index (χ1) is 6.31. The lowest BCUT2D eigenvalue weighted by atomic mass is 9.89. The van der Waals surface area contributed by atoms with Crippen LogP contribution in [0.5, 0.6) is 0 Å². The molecule has 5 heteroatoms. The van der Waals surface area contributed by atoms with Crippen LogP contribution < -0.4 is 5.32 Å². The van der Waals surface area contributed by atoms with Crippen molar-refractivity contribution in [2.75, 3.05) is 7.05 Å². The Bertz CT molecular complexity index is 285. The van der Waals surface area contributed by atoms with Crippen LogP contribution in [0.25, 0.3) is 0 Å². The molecular weight excluding hydrogens is 168 g/mol. The summed E-state index contributed by atoms with van der Waals surface area (Å²) in [6.45, 7) is 0.725. The van der Waals surface area contributed by atoms with E-state index < -0.39 is 0 Å². The molecule has 1 fully saturated rings. The fourth-order valence-corrected chi connectivity index (χ4v) is 1.51. The Labute approximate surface area is 76.8 Å². The second kappa shape index (κ2) is 3.43. The predicted octanol–water partition coefficient (Wildman–Crippen LogP) is -0.307. The van der Waals surface area contributed by atoms with Gasteiger partial charge < -0.3 is 10.4 Å². The van der Waals surface area contributed by atoms with Crippen LogP contribution in [0.15, 0.2) is 6.20 Å². The maximum atomic E-state index is 9.40. The molecule has 0 spiro atoms. The highest BCUT2D eigenvalue weighted by Gasteiger charge is 2.31. The van der Waals surface area contributed by atoms with E-state index in [1.54, 1.807) is 4.68 Å². The van der Waals surface area contributed by atoms with Crippen molar-refractivity contribution in [1.29, 1.82) is 0 Å². The summed E-state index contributed by atoms with van der Waals surface area (Å²) in [6, 6.07) is 0.151. The normalized spacial score (nSPS) is 27.2. The Morgan fingerprint density at radius 2 is 2.54 bits per heavy atom. The van der Waals surface area contributed by atoms with Crippen LogP contribution in [0.3, 0.4) is 0 Å². The molecule has 2 N–H and O–H groups in total. The monoisotopic (exact) mass is 182 g/mol. The molecular formula is C8H14N4O. The quantitative estimate of drug-likeness (QED) is 0.673.